The third-order valence-corrected chi connectivity index (χ3v) is 3.44. The number of nitrogens with zero attached hydrogens (tertiary/aromatic N) is 1. The molecule has 0 saturated carbocycles. The largest absolute Gasteiger partial charge is 0.456 e. The van der Waals surface area contributed by atoms with Crippen LogP contribution in [0.15, 0.2) is 40.9 Å². The van der Waals surface area contributed by atoms with Crippen molar-refractivity contribution in [3.05, 3.63) is 57.6 Å². The van der Waals surface area contributed by atoms with Gasteiger partial charge in [-0.1, -0.05) is 0 Å². The molecule has 0 radical (unpaired) electrons. The molecule has 0 spiro atoms. The van der Waals surface area contributed by atoms with Gasteiger partial charge in [-0.05, 0) is 52.3 Å². The van der Waals surface area contributed by atoms with Gasteiger partial charge in [-0.3, -0.25) is 4.79 Å². The predicted molar refractivity (Wildman–Crippen MR) is 75.8 cm³/mol. The molecule has 0 amide bonds. The Labute approximate surface area is 132 Å². The molecule has 0 bridgehead atoms. The number of nitriles is 1. The van der Waals surface area contributed by atoms with Crippen LogP contribution in [0.3, 0.4) is 0 Å². The fraction of sp³-hybridized carbons (Fsp3) is 0.0667. The molecule has 2 aromatic rings. The van der Waals surface area contributed by atoms with Crippen molar-refractivity contribution in [3.63, 3.8) is 0 Å². The summed E-state index contributed by atoms with van der Waals surface area (Å²) in [5.41, 5.74) is -0.564. The van der Waals surface area contributed by atoms with E-state index in [1.165, 1.54) is 18.2 Å². The number of alkyl halides is 3. The summed E-state index contributed by atoms with van der Waals surface area (Å²) in [6.45, 7) is 0. The minimum atomic E-state index is -4.53. The number of aldehydes is 1. The number of carbonyl (C=O) groups excluding carboxylic acids is 1. The molecule has 2 aromatic carbocycles. The summed E-state index contributed by atoms with van der Waals surface area (Å²) in [7, 11) is 0. The molecule has 0 heterocycles. The lowest BCUT2D eigenvalue weighted by Gasteiger charge is -2.12. The fourth-order valence-electron chi connectivity index (χ4n) is 1.67. The van der Waals surface area contributed by atoms with Crippen molar-refractivity contribution in [2.75, 3.05) is 0 Å². The number of carbonyl (C=O) groups is 1. The van der Waals surface area contributed by atoms with Gasteiger partial charge >= 0.3 is 6.18 Å². The zero-order chi connectivity index (χ0) is 16.3. The van der Waals surface area contributed by atoms with Gasteiger partial charge in [0.05, 0.1) is 11.1 Å². The second-order valence-electron chi connectivity index (χ2n) is 4.22. The van der Waals surface area contributed by atoms with Gasteiger partial charge in [0.15, 0.2) is 6.29 Å². The molecular weight excluding hydrogens is 363 g/mol. The maximum atomic E-state index is 12.7. The van der Waals surface area contributed by atoms with Crippen LogP contribution in [0.1, 0.15) is 21.5 Å². The maximum Gasteiger partial charge on any atom is 0.416 e. The number of hydrogen-bond donors (Lipinski definition) is 0. The first-order valence-electron chi connectivity index (χ1n) is 5.89. The van der Waals surface area contributed by atoms with Gasteiger partial charge in [0, 0.05) is 10.0 Å². The van der Waals surface area contributed by atoms with Crippen molar-refractivity contribution >= 4 is 22.2 Å². The van der Waals surface area contributed by atoms with Gasteiger partial charge in [-0.2, -0.15) is 18.4 Å². The lowest BCUT2D eigenvalue weighted by molar-refractivity contribution is -0.137. The minimum absolute atomic E-state index is 0.0245. The van der Waals surface area contributed by atoms with Crippen LogP contribution in [0.2, 0.25) is 0 Å². The molecule has 0 unspecified atom stereocenters. The number of ether oxygens (including phenoxy) is 1. The van der Waals surface area contributed by atoms with Crippen LogP contribution in [0.4, 0.5) is 13.2 Å². The van der Waals surface area contributed by atoms with E-state index in [2.05, 4.69) is 15.9 Å². The van der Waals surface area contributed by atoms with Crippen molar-refractivity contribution < 1.29 is 22.7 Å². The summed E-state index contributed by atoms with van der Waals surface area (Å²) in [6, 6.07) is 8.71. The third-order valence-electron chi connectivity index (χ3n) is 2.76. The Kier molecular flexibility index (Phi) is 4.52. The van der Waals surface area contributed by atoms with Crippen LogP contribution in [0, 0.1) is 11.3 Å². The van der Waals surface area contributed by atoms with Gasteiger partial charge in [-0.25, -0.2) is 0 Å². The van der Waals surface area contributed by atoms with Gasteiger partial charge in [0.1, 0.15) is 17.6 Å². The molecule has 0 saturated heterocycles. The van der Waals surface area contributed by atoms with Crippen LogP contribution in [-0.2, 0) is 6.18 Å². The number of rotatable bonds is 3. The van der Waals surface area contributed by atoms with Crippen LogP contribution >= 0.6 is 15.9 Å². The molecule has 0 aromatic heterocycles. The SMILES string of the molecule is N#Cc1ccc(C(F)(F)F)cc1Oc1ccc(C=O)c(Br)c1. The Morgan fingerprint density at radius 1 is 1.18 bits per heavy atom. The summed E-state index contributed by atoms with van der Waals surface area (Å²) < 4.78 is 43.9. The van der Waals surface area contributed by atoms with E-state index in [0.717, 1.165) is 18.2 Å². The van der Waals surface area contributed by atoms with Gasteiger partial charge in [0.2, 0.25) is 0 Å². The zero-order valence-electron chi connectivity index (χ0n) is 10.8. The predicted octanol–water partition coefficient (Wildman–Crippen LogP) is 4.94. The van der Waals surface area contributed by atoms with E-state index in [9.17, 15) is 18.0 Å². The summed E-state index contributed by atoms with van der Waals surface area (Å²) in [5, 5.41) is 8.96. The van der Waals surface area contributed by atoms with Gasteiger partial charge in [-0.15, -0.1) is 0 Å². The van der Waals surface area contributed by atoms with Gasteiger partial charge in [0.25, 0.3) is 0 Å². The standard InChI is InChI=1S/C15H7BrF3NO2/c16-13-6-12(4-2-10(13)8-21)22-14-5-11(15(17,18)19)3-1-9(14)7-20/h1-6,8H. The summed E-state index contributed by atoms with van der Waals surface area (Å²) in [4.78, 5) is 10.7. The highest BCUT2D eigenvalue weighted by Crippen LogP contribution is 2.35. The van der Waals surface area contributed by atoms with E-state index in [0.29, 0.717) is 16.3 Å². The average molecular weight is 370 g/mol. The van der Waals surface area contributed by atoms with E-state index in [1.807, 2.05) is 0 Å². The quantitative estimate of drug-likeness (QED) is 0.719. The molecule has 0 aliphatic heterocycles. The molecule has 0 fully saturated rings. The summed E-state index contributed by atoms with van der Waals surface area (Å²) in [5.74, 6) is -0.00335. The van der Waals surface area contributed by atoms with E-state index >= 15 is 0 Å². The maximum absolute atomic E-state index is 12.7. The molecule has 22 heavy (non-hydrogen) atoms. The van der Waals surface area contributed by atoms with Crippen molar-refractivity contribution in [2.24, 2.45) is 0 Å². The average Bonchev–Trinajstić information content (AvgIpc) is 2.46. The van der Waals surface area contributed by atoms with Crippen molar-refractivity contribution in [3.8, 4) is 17.6 Å². The highest BCUT2D eigenvalue weighted by molar-refractivity contribution is 9.10. The van der Waals surface area contributed by atoms with E-state index in [-0.39, 0.29) is 17.1 Å². The highest BCUT2D eigenvalue weighted by Gasteiger charge is 2.31. The molecule has 0 atom stereocenters. The Morgan fingerprint density at radius 3 is 2.45 bits per heavy atom. The first-order chi connectivity index (χ1) is 10.3. The molecular formula is C15H7BrF3NO2. The third kappa shape index (κ3) is 3.46. The number of hydrogen-bond acceptors (Lipinski definition) is 3. The second-order valence-corrected chi connectivity index (χ2v) is 5.08. The Bertz CT molecular complexity index is 766. The van der Waals surface area contributed by atoms with Crippen molar-refractivity contribution in [2.45, 2.75) is 6.18 Å². The van der Waals surface area contributed by atoms with Crippen LogP contribution in [0.25, 0.3) is 0 Å². The lowest BCUT2D eigenvalue weighted by Crippen LogP contribution is -2.05. The topological polar surface area (TPSA) is 50.1 Å². The fourth-order valence-corrected chi connectivity index (χ4v) is 2.12. The van der Waals surface area contributed by atoms with E-state index < -0.39 is 11.7 Å². The number of benzene rings is 2. The van der Waals surface area contributed by atoms with Gasteiger partial charge < -0.3 is 4.74 Å². The molecule has 7 heteroatoms. The Hall–Kier alpha value is -2.33. The second kappa shape index (κ2) is 6.20. The monoisotopic (exact) mass is 369 g/mol. The van der Waals surface area contributed by atoms with E-state index in [1.54, 1.807) is 6.07 Å². The summed E-state index contributed by atoms with van der Waals surface area (Å²) >= 11 is 3.15. The van der Waals surface area contributed by atoms with Crippen molar-refractivity contribution in [1.29, 1.82) is 5.26 Å². The van der Waals surface area contributed by atoms with Crippen LogP contribution in [-0.4, -0.2) is 6.29 Å². The van der Waals surface area contributed by atoms with Crippen molar-refractivity contribution in [1.82, 2.24) is 0 Å². The molecule has 0 aliphatic carbocycles. The molecule has 2 rings (SSSR count). The highest BCUT2D eigenvalue weighted by atomic mass is 79.9. The zero-order valence-corrected chi connectivity index (χ0v) is 12.4. The van der Waals surface area contributed by atoms with Crippen LogP contribution < -0.4 is 4.74 Å². The normalized spacial score (nSPS) is 10.9. The Morgan fingerprint density at radius 2 is 1.91 bits per heavy atom. The first-order valence-corrected chi connectivity index (χ1v) is 6.68. The lowest BCUT2D eigenvalue weighted by atomic mass is 10.1. The van der Waals surface area contributed by atoms with Crippen LogP contribution in [0.5, 0.6) is 11.5 Å². The molecule has 0 N–H and O–H groups in total. The smallest absolute Gasteiger partial charge is 0.416 e. The van der Waals surface area contributed by atoms with E-state index in [4.69, 9.17) is 10.00 Å². The molecule has 3 nitrogen and oxygen atoms in total. The summed E-state index contributed by atoms with van der Waals surface area (Å²) in [6.07, 6.45) is -3.91. The molecule has 0 aliphatic rings. The minimum Gasteiger partial charge on any atom is -0.456 e. The number of halogens is 4. The first kappa shape index (κ1) is 16.0. The Balaban J connectivity index is 2.42. The molecule has 112 valence electrons.